The van der Waals surface area contributed by atoms with Crippen molar-refractivity contribution in [2.75, 3.05) is 11.4 Å². The molecule has 3 heterocycles. The SMILES string of the molecule is Cc1c(-c2ncco2)sc2c1C(O)N(C(C)(C)C(N)=O)C(=O)N2C[C@H](OC(C)C)c1ccccc1. The van der Waals surface area contributed by atoms with E-state index >= 15 is 0 Å². The number of fused-ring (bicyclic) bond motifs is 1. The van der Waals surface area contributed by atoms with Crippen LogP contribution in [0.2, 0.25) is 0 Å². The lowest BCUT2D eigenvalue weighted by Crippen LogP contribution is -2.62. The Hall–Kier alpha value is -3.21. The summed E-state index contributed by atoms with van der Waals surface area (Å²) in [6.45, 7) is 8.91. The van der Waals surface area contributed by atoms with E-state index in [1.807, 2.05) is 51.1 Å². The zero-order chi connectivity index (χ0) is 25.5. The maximum Gasteiger partial charge on any atom is 0.328 e. The quantitative estimate of drug-likeness (QED) is 0.475. The number of oxazole rings is 1. The summed E-state index contributed by atoms with van der Waals surface area (Å²) in [6.07, 6.45) is 1.08. The topological polar surface area (TPSA) is 122 Å². The molecular weight excluding hydrogens is 468 g/mol. The van der Waals surface area contributed by atoms with Gasteiger partial charge in [0.2, 0.25) is 11.8 Å². The van der Waals surface area contributed by atoms with Crippen LogP contribution in [0.3, 0.4) is 0 Å². The van der Waals surface area contributed by atoms with Crippen molar-refractivity contribution in [3.05, 3.63) is 59.5 Å². The molecule has 2 aromatic heterocycles. The summed E-state index contributed by atoms with van der Waals surface area (Å²) in [7, 11) is 0. The molecule has 1 aliphatic heterocycles. The van der Waals surface area contributed by atoms with E-state index in [1.54, 1.807) is 4.90 Å². The van der Waals surface area contributed by atoms with E-state index < -0.39 is 29.8 Å². The molecule has 4 rings (SSSR count). The molecule has 186 valence electrons. The molecule has 35 heavy (non-hydrogen) atoms. The summed E-state index contributed by atoms with van der Waals surface area (Å²) >= 11 is 1.30. The standard InChI is InChI=1S/C25H30N4O5S/c1-14(2)34-17(16-9-7-6-8-10-16)13-28-22-18(15(3)19(35-22)20-27-11-12-33-20)21(30)29(24(28)32)25(4,5)23(26)31/h6-12,14,17,21,30H,13H2,1-5H3,(H2,26,31)/t17-,21?/m0/s1. The van der Waals surface area contributed by atoms with Crippen LogP contribution in [0.4, 0.5) is 9.80 Å². The first kappa shape index (κ1) is 24.9. The maximum atomic E-state index is 13.9. The Morgan fingerprint density at radius 3 is 2.57 bits per heavy atom. The number of carbonyl (C=O) groups excluding carboxylic acids is 2. The van der Waals surface area contributed by atoms with Gasteiger partial charge in [0.05, 0.1) is 23.7 Å². The van der Waals surface area contributed by atoms with Crippen molar-refractivity contribution in [1.82, 2.24) is 9.88 Å². The lowest BCUT2D eigenvalue weighted by Gasteiger charge is -2.46. The minimum atomic E-state index is -1.45. The van der Waals surface area contributed by atoms with Gasteiger partial charge in [-0.25, -0.2) is 9.78 Å². The van der Waals surface area contributed by atoms with Crippen LogP contribution in [-0.4, -0.2) is 45.1 Å². The van der Waals surface area contributed by atoms with E-state index in [0.29, 0.717) is 26.9 Å². The molecule has 0 saturated heterocycles. The number of carbonyl (C=O) groups is 2. The number of aliphatic hydroxyl groups is 1. The molecule has 9 nitrogen and oxygen atoms in total. The number of benzene rings is 1. The summed E-state index contributed by atoms with van der Waals surface area (Å²) in [5.41, 5.74) is 6.33. The Balaban J connectivity index is 1.86. The summed E-state index contributed by atoms with van der Waals surface area (Å²) < 4.78 is 11.7. The Kier molecular flexibility index (Phi) is 6.72. The highest BCUT2D eigenvalue weighted by Crippen LogP contribution is 2.50. The van der Waals surface area contributed by atoms with E-state index in [4.69, 9.17) is 14.9 Å². The van der Waals surface area contributed by atoms with Crippen molar-refractivity contribution in [1.29, 1.82) is 0 Å². The maximum absolute atomic E-state index is 13.9. The molecule has 1 aromatic carbocycles. The minimum Gasteiger partial charge on any atom is -0.444 e. The fourth-order valence-electron chi connectivity index (χ4n) is 4.22. The third-order valence-corrected chi connectivity index (χ3v) is 7.47. The number of urea groups is 1. The van der Waals surface area contributed by atoms with Crippen LogP contribution >= 0.6 is 11.3 Å². The zero-order valence-corrected chi connectivity index (χ0v) is 21.2. The average Bonchev–Trinajstić information content (AvgIpc) is 3.44. The van der Waals surface area contributed by atoms with Gasteiger partial charge in [0.1, 0.15) is 22.9 Å². The number of ether oxygens (including phenoxy) is 1. The number of nitrogens with two attached hydrogens (primary N) is 1. The number of hydrogen-bond acceptors (Lipinski definition) is 7. The normalized spacial score (nSPS) is 17.1. The first-order valence-corrected chi connectivity index (χ1v) is 12.2. The van der Waals surface area contributed by atoms with Crippen LogP contribution in [0, 0.1) is 6.92 Å². The highest BCUT2D eigenvalue weighted by molar-refractivity contribution is 7.20. The molecule has 3 amide bonds. The second-order valence-electron chi connectivity index (χ2n) is 9.26. The van der Waals surface area contributed by atoms with E-state index in [-0.39, 0.29) is 12.6 Å². The Labute approximate surface area is 208 Å². The van der Waals surface area contributed by atoms with E-state index in [9.17, 15) is 14.7 Å². The Morgan fingerprint density at radius 1 is 1.31 bits per heavy atom. The third-order valence-electron chi connectivity index (χ3n) is 6.15. The van der Waals surface area contributed by atoms with Crippen LogP contribution in [0.1, 0.15) is 56.7 Å². The van der Waals surface area contributed by atoms with E-state index in [2.05, 4.69) is 4.98 Å². The summed E-state index contributed by atoms with van der Waals surface area (Å²) in [5.74, 6) is -0.340. The largest absolute Gasteiger partial charge is 0.444 e. The van der Waals surface area contributed by atoms with Crippen molar-refractivity contribution < 1.29 is 23.8 Å². The van der Waals surface area contributed by atoms with Crippen LogP contribution < -0.4 is 10.6 Å². The first-order valence-electron chi connectivity index (χ1n) is 11.4. The number of anilines is 1. The number of aliphatic hydroxyl groups excluding tert-OH is 1. The molecule has 1 aliphatic rings. The highest BCUT2D eigenvalue weighted by atomic mass is 32.1. The van der Waals surface area contributed by atoms with Gasteiger partial charge in [0, 0.05) is 5.56 Å². The smallest absolute Gasteiger partial charge is 0.328 e. The fourth-order valence-corrected chi connectivity index (χ4v) is 5.50. The monoisotopic (exact) mass is 498 g/mol. The molecule has 0 saturated carbocycles. The molecular formula is C25H30N4O5S. The number of rotatable bonds is 8. The first-order chi connectivity index (χ1) is 16.5. The van der Waals surface area contributed by atoms with E-state index in [0.717, 1.165) is 10.5 Å². The van der Waals surface area contributed by atoms with Gasteiger partial charge in [-0.15, -0.1) is 11.3 Å². The molecule has 0 bridgehead atoms. The minimum absolute atomic E-state index is 0.101. The highest BCUT2D eigenvalue weighted by Gasteiger charge is 2.49. The predicted octanol–water partition coefficient (Wildman–Crippen LogP) is 4.37. The Morgan fingerprint density at radius 2 is 2.00 bits per heavy atom. The van der Waals surface area contributed by atoms with Crippen LogP contribution in [0.25, 0.3) is 10.8 Å². The van der Waals surface area contributed by atoms with Gasteiger partial charge in [0.25, 0.3) is 0 Å². The zero-order valence-electron chi connectivity index (χ0n) is 20.4. The number of thiophene rings is 1. The van der Waals surface area contributed by atoms with Gasteiger partial charge in [-0.05, 0) is 45.7 Å². The molecule has 0 aliphatic carbocycles. The van der Waals surface area contributed by atoms with Gasteiger partial charge in [-0.3, -0.25) is 14.6 Å². The van der Waals surface area contributed by atoms with Gasteiger partial charge >= 0.3 is 6.03 Å². The molecule has 0 radical (unpaired) electrons. The summed E-state index contributed by atoms with van der Waals surface area (Å²) in [6, 6.07) is 9.09. The van der Waals surface area contributed by atoms with Crippen molar-refractivity contribution in [3.63, 3.8) is 0 Å². The van der Waals surface area contributed by atoms with Crippen molar-refractivity contribution in [3.8, 4) is 10.8 Å². The molecule has 3 N–H and O–H groups in total. The van der Waals surface area contributed by atoms with Gasteiger partial charge < -0.3 is 20.0 Å². The molecule has 3 aromatic rings. The molecule has 2 atom stereocenters. The third kappa shape index (κ3) is 4.44. The predicted molar refractivity (Wildman–Crippen MR) is 133 cm³/mol. The summed E-state index contributed by atoms with van der Waals surface area (Å²) in [5, 5.41) is 11.9. The van der Waals surface area contributed by atoms with Crippen LogP contribution in [0.5, 0.6) is 0 Å². The fraction of sp³-hybridized carbons (Fsp3) is 0.400. The van der Waals surface area contributed by atoms with Crippen LogP contribution in [-0.2, 0) is 9.53 Å². The Bertz CT molecular complexity index is 1210. The molecule has 0 spiro atoms. The van der Waals surface area contributed by atoms with Gasteiger partial charge in [-0.2, -0.15) is 0 Å². The number of hydrogen-bond donors (Lipinski definition) is 2. The second-order valence-corrected chi connectivity index (χ2v) is 10.3. The molecule has 0 fully saturated rings. The average molecular weight is 499 g/mol. The van der Waals surface area contributed by atoms with Crippen molar-refractivity contribution in [2.45, 2.75) is 58.6 Å². The lowest BCUT2D eigenvalue weighted by atomic mass is 9.97. The lowest BCUT2D eigenvalue weighted by molar-refractivity contribution is -0.132. The van der Waals surface area contributed by atoms with Crippen LogP contribution in [0.15, 0.2) is 47.2 Å². The summed E-state index contributed by atoms with van der Waals surface area (Å²) in [4.78, 5) is 33.9. The van der Waals surface area contributed by atoms with E-state index in [1.165, 1.54) is 37.6 Å². The number of aromatic nitrogens is 1. The van der Waals surface area contributed by atoms with Crippen molar-refractivity contribution in [2.24, 2.45) is 5.73 Å². The van der Waals surface area contributed by atoms with Gasteiger partial charge in [0.15, 0.2) is 6.23 Å². The molecule has 1 unspecified atom stereocenters. The number of primary amides is 1. The van der Waals surface area contributed by atoms with Crippen molar-refractivity contribution >= 4 is 28.3 Å². The second kappa shape index (κ2) is 9.44. The van der Waals surface area contributed by atoms with Gasteiger partial charge in [-0.1, -0.05) is 30.3 Å². The molecule has 10 heteroatoms. The number of nitrogens with zero attached hydrogens (tertiary/aromatic N) is 3. The number of amides is 3.